The van der Waals surface area contributed by atoms with E-state index < -0.39 is 0 Å². The summed E-state index contributed by atoms with van der Waals surface area (Å²) in [5, 5.41) is 5.27. The minimum absolute atomic E-state index is 0.0201. The maximum Gasteiger partial charge on any atom is 0.257 e. The van der Waals surface area contributed by atoms with Crippen LogP contribution in [0.3, 0.4) is 0 Å². The average Bonchev–Trinajstić information content (AvgIpc) is 3.28. The Hall–Kier alpha value is -3.06. The highest BCUT2D eigenvalue weighted by atomic mass is 32.1. The third kappa shape index (κ3) is 3.09. The van der Waals surface area contributed by atoms with Crippen LogP contribution in [0.5, 0.6) is 0 Å². The summed E-state index contributed by atoms with van der Waals surface area (Å²) in [4.78, 5) is 34.4. The minimum atomic E-state index is -0.207. The molecule has 3 heterocycles. The lowest BCUT2D eigenvalue weighted by atomic mass is 10.1. The zero-order valence-electron chi connectivity index (χ0n) is 14.1. The maximum absolute atomic E-state index is 12.5. The summed E-state index contributed by atoms with van der Waals surface area (Å²) in [7, 11) is 0. The fraction of sp³-hybridized carbons (Fsp3) is 0.158. The van der Waals surface area contributed by atoms with E-state index in [2.05, 4.69) is 15.3 Å². The van der Waals surface area contributed by atoms with Crippen LogP contribution in [-0.4, -0.2) is 28.3 Å². The van der Waals surface area contributed by atoms with Gasteiger partial charge in [0.1, 0.15) is 0 Å². The summed E-state index contributed by atoms with van der Waals surface area (Å²) >= 11 is 1.37. The fourth-order valence-corrected chi connectivity index (χ4v) is 3.73. The van der Waals surface area contributed by atoms with Crippen molar-refractivity contribution in [1.29, 1.82) is 0 Å². The molecule has 26 heavy (non-hydrogen) atoms. The van der Waals surface area contributed by atoms with E-state index in [0.717, 1.165) is 28.9 Å². The highest BCUT2D eigenvalue weighted by Crippen LogP contribution is 2.29. The smallest absolute Gasteiger partial charge is 0.257 e. The van der Waals surface area contributed by atoms with Crippen molar-refractivity contribution in [2.75, 3.05) is 16.8 Å². The maximum atomic E-state index is 12.5. The number of carbonyl (C=O) groups excluding carboxylic acids is 2. The molecule has 0 spiro atoms. The number of aromatic nitrogens is 2. The number of nitrogens with zero attached hydrogens (tertiary/aromatic N) is 3. The van der Waals surface area contributed by atoms with E-state index in [1.807, 2.05) is 29.6 Å². The van der Waals surface area contributed by atoms with Gasteiger partial charge in [0.15, 0.2) is 5.13 Å². The molecule has 3 aromatic rings. The molecule has 0 saturated carbocycles. The van der Waals surface area contributed by atoms with Gasteiger partial charge in [-0.25, -0.2) is 4.98 Å². The molecule has 0 radical (unpaired) electrons. The van der Waals surface area contributed by atoms with Crippen LogP contribution < -0.4 is 10.2 Å². The average molecular weight is 364 g/mol. The van der Waals surface area contributed by atoms with E-state index in [1.54, 1.807) is 30.3 Å². The number of amides is 2. The van der Waals surface area contributed by atoms with Gasteiger partial charge in [0.05, 0.1) is 5.69 Å². The monoisotopic (exact) mass is 364 g/mol. The molecule has 0 saturated heterocycles. The highest BCUT2D eigenvalue weighted by molar-refractivity contribution is 7.14. The summed E-state index contributed by atoms with van der Waals surface area (Å²) < 4.78 is 0. The van der Waals surface area contributed by atoms with E-state index >= 15 is 0 Å². The number of fused-ring (bicyclic) bond motifs is 1. The van der Waals surface area contributed by atoms with Crippen molar-refractivity contribution < 1.29 is 9.59 Å². The Morgan fingerprint density at radius 2 is 2.15 bits per heavy atom. The van der Waals surface area contributed by atoms with Crippen molar-refractivity contribution in [3.8, 4) is 11.3 Å². The van der Waals surface area contributed by atoms with Gasteiger partial charge in [0, 0.05) is 48.1 Å². The molecule has 1 aliphatic heterocycles. The van der Waals surface area contributed by atoms with E-state index in [9.17, 15) is 9.59 Å². The standard InChI is InChI=1S/C19H16N4O2S/c1-12(24)23-8-6-13-9-14(4-5-17(13)23)18(25)22-19-21-16(11-26-19)15-3-2-7-20-10-15/h2-5,7,9-11H,6,8H2,1H3,(H,21,22,25). The van der Waals surface area contributed by atoms with Crippen LogP contribution in [-0.2, 0) is 11.2 Å². The molecule has 4 rings (SSSR count). The lowest BCUT2D eigenvalue weighted by Gasteiger charge is -2.14. The molecule has 1 aliphatic rings. The van der Waals surface area contributed by atoms with Crippen molar-refractivity contribution in [3.63, 3.8) is 0 Å². The van der Waals surface area contributed by atoms with Crippen LogP contribution >= 0.6 is 11.3 Å². The first kappa shape index (κ1) is 16.4. The van der Waals surface area contributed by atoms with Gasteiger partial charge in [-0.15, -0.1) is 11.3 Å². The van der Waals surface area contributed by atoms with Crippen LogP contribution in [0.1, 0.15) is 22.8 Å². The molecular weight excluding hydrogens is 348 g/mol. The molecule has 2 amide bonds. The van der Waals surface area contributed by atoms with Gasteiger partial charge in [-0.2, -0.15) is 0 Å². The Morgan fingerprint density at radius 3 is 2.92 bits per heavy atom. The van der Waals surface area contributed by atoms with E-state index in [1.165, 1.54) is 11.3 Å². The number of hydrogen-bond acceptors (Lipinski definition) is 5. The zero-order valence-corrected chi connectivity index (χ0v) is 14.9. The van der Waals surface area contributed by atoms with Crippen molar-refractivity contribution in [2.24, 2.45) is 0 Å². The number of nitrogens with one attached hydrogen (secondary N) is 1. The topological polar surface area (TPSA) is 75.2 Å². The molecule has 1 aromatic carbocycles. The van der Waals surface area contributed by atoms with E-state index in [4.69, 9.17) is 0 Å². The molecule has 6 nitrogen and oxygen atoms in total. The second-order valence-corrected chi connectivity index (χ2v) is 6.86. The minimum Gasteiger partial charge on any atom is -0.312 e. The molecule has 1 N–H and O–H groups in total. The van der Waals surface area contributed by atoms with Gasteiger partial charge in [0.25, 0.3) is 5.91 Å². The summed E-state index contributed by atoms with van der Waals surface area (Å²) in [6.07, 6.45) is 4.21. The predicted octanol–water partition coefficient (Wildman–Crippen LogP) is 3.37. The summed E-state index contributed by atoms with van der Waals surface area (Å²) in [5.41, 5.74) is 4.16. The van der Waals surface area contributed by atoms with Gasteiger partial charge in [-0.1, -0.05) is 0 Å². The first-order valence-electron chi connectivity index (χ1n) is 8.20. The van der Waals surface area contributed by atoms with Crippen LogP contribution in [0.2, 0.25) is 0 Å². The highest BCUT2D eigenvalue weighted by Gasteiger charge is 2.23. The number of carbonyl (C=O) groups is 2. The van der Waals surface area contributed by atoms with Crippen LogP contribution in [0.25, 0.3) is 11.3 Å². The molecular formula is C19H16N4O2S. The number of hydrogen-bond donors (Lipinski definition) is 1. The van der Waals surface area contributed by atoms with Crippen molar-refractivity contribution in [1.82, 2.24) is 9.97 Å². The second-order valence-electron chi connectivity index (χ2n) is 6.00. The number of thiazole rings is 1. The number of anilines is 2. The number of pyridine rings is 1. The SMILES string of the molecule is CC(=O)N1CCc2cc(C(=O)Nc3nc(-c4cccnc4)cs3)ccc21. The van der Waals surface area contributed by atoms with Gasteiger partial charge in [-0.05, 0) is 42.3 Å². The number of benzene rings is 1. The van der Waals surface area contributed by atoms with E-state index in [-0.39, 0.29) is 11.8 Å². The summed E-state index contributed by atoms with van der Waals surface area (Å²) in [5.74, 6) is -0.187. The molecule has 2 aromatic heterocycles. The Kier molecular flexibility index (Phi) is 4.22. The third-order valence-corrected chi connectivity index (χ3v) is 5.06. The molecule has 0 fully saturated rings. The zero-order chi connectivity index (χ0) is 18.1. The van der Waals surface area contributed by atoms with Gasteiger partial charge in [0.2, 0.25) is 5.91 Å². The van der Waals surface area contributed by atoms with Crippen molar-refractivity contribution in [3.05, 3.63) is 59.2 Å². The largest absolute Gasteiger partial charge is 0.312 e. The molecule has 130 valence electrons. The summed E-state index contributed by atoms with van der Waals surface area (Å²) in [6.45, 7) is 2.22. The van der Waals surface area contributed by atoms with Gasteiger partial charge in [-0.3, -0.25) is 19.9 Å². The molecule has 0 aliphatic carbocycles. The van der Waals surface area contributed by atoms with Crippen LogP contribution in [0, 0.1) is 0 Å². The fourth-order valence-electron chi connectivity index (χ4n) is 3.02. The lowest BCUT2D eigenvalue weighted by Crippen LogP contribution is -2.25. The Morgan fingerprint density at radius 1 is 1.27 bits per heavy atom. The van der Waals surface area contributed by atoms with Gasteiger partial charge >= 0.3 is 0 Å². The first-order valence-corrected chi connectivity index (χ1v) is 9.08. The van der Waals surface area contributed by atoms with E-state index in [0.29, 0.717) is 17.2 Å². The Bertz CT molecular complexity index is 984. The quantitative estimate of drug-likeness (QED) is 0.773. The normalized spacial score (nSPS) is 12.7. The van der Waals surface area contributed by atoms with Gasteiger partial charge < -0.3 is 4.90 Å². The second kappa shape index (κ2) is 6.68. The lowest BCUT2D eigenvalue weighted by molar-refractivity contribution is -0.116. The molecule has 0 unspecified atom stereocenters. The third-order valence-electron chi connectivity index (χ3n) is 4.30. The predicted molar refractivity (Wildman–Crippen MR) is 101 cm³/mol. The molecule has 0 atom stereocenters. The molecule has 0 bridgehead atoms. The van der Waals surface area contributed by atoms with Crippen LogP contribution in [0.4, 0.5) is 10.8 Å². The Balaban J connectivity index is 1.51. The first-order chi connectivity index (χ1) is 12.6. The van der Waals surface area contributed by atoms with Crippen molar-refractivity contribution >= 4 is 34.0 Å². The molecule has 7 heteroatoms. The Labute approximate surface area is 154 Å². The summed E-state index contributed by atoms with van der Waals surface area (Å²) in [6, 6.07) is 9.20. The van der Waals surface area contributed by atoms with Crippen molar-refractivity contribution in [2.45, 2.75) is 13.3 Å². The van der Waals surface area contributed by atoms with Crippen LogP contribution in [0.15, 0.2) is 48.1 Å². The number of rotatable bonds is 3.